The van der Waals surface area contributed by atoms with Gasteiger partial charge < -0.3 is 20.3 Å². The topological polar surface area (TPSA) is 48.9 Å². The van der Waals surface area contributed by atoms with Crippen molar-refractivity contribution in [2.24, 2.45) is 4.99 Å². The molecule has 5 nitrogen and oxygen atoms in total. The zero-order valence-corrected chi connectivity index (χ0v) is 19.7. The lowest BCUT2D eigenvalue weighted by molar-refractivity contribution is -0.00502. The van der Waals surface area contributed by atoms with Crippen molar-refractivity contribution in [3.8, 4) is 0 Å². The molecule has 1 fully saturated rings. The standard InChI is InChI=1S/C22H32N4O.HI/c1-17(19-11-7-9-18-8-5-6-10-20(18)19)25-21(23-2)24-16-22(26(3)4)12-14-27-15-13-22;/h5-11,17H,12-16H2,1-4H3,(H2,23,24,25);1H. The van der Waals surface area contributed by atoms with Crippen LogP contribution in [0.5, 0.6) is 0 Å². The van der Waals surface area contributed by atoms with E-state index in [0.29, 0.717) is 0 Å². The van der Waals surface area contributed by atoms with Gasteiger partial charge in [0.25, 0.3) is 0 Å². The Labute approximate surface area is 185 Å². The molecule has 0 aliphatic carbocycles. The quantitative estimate of drug-likeness (QED) is 0.376. The van der Waals surface area contributed by atoms with E-state index < -0.39 is 0 Å². The molecule has 0 spiro atoms. The summed E-state index contributed by atoms with van der Waals surface area (Å²) in [7, 11) is 6.14. The Balaban J connectivity index is 0.00000280. The van der Waals surface area contributed by atoms with Gasteiger partial charge in [0.15, 0.2) is 5.96 Å². The molecule has 28 heavy (non-hydrogen) atoms. The van der Waals surface area contributed by atoms with Gasteiger partial charge in [0.2, 0.25) is 0 Å². The van der Waals surface area contributed by atoms with E-state index in [1.165, 1.54) is 16.3 Å². The van der Waals surface area contributed by atoms with Crippen molar-refractivity contribution < 1.29 is 4.74 Å². The van der Waals surface area contributed by atoms with Crippen LogP contribution in [0.4, 0.5) is 0 Å². The van der Waals surface area contributed by atoms with Gasteiger partial charge in [0, 0.05) is 32.3 Å². The number of ether oxygens (including phenoxy) is 1. The van der Waals surface area contributed by atoms with Crippen LogP contribution in [0.25, 0.3) is 10.8 Å². The average Bonchev–Trinajstić information content (AvgIpc) is 2.71. The number of hydrogen-bond donors (Lipinski definition) is 2. The molecule has 0 bridgehead atoms. The van der Waals surface area contributed by atoms with Gasteiger partial charge in [-0.25, -0.2) is 0 Å². The van der Waals surface area contributed by atoms with Crippen LogP contribution in [-0.2, 0) is 4.74 Å². The van der Waals surface area contributed by atoms with Crippen LogP contribution in [0.1, 0.15) is 31.4 Å². The summed E-state index contributed by atoms with van der Waals surface area (Å²) >= 11 is 0. The number of nitrogens with zero attached hydrogens (tertiary/aromatic N) is 2. The van der Waals surface area contributed by atoms with E-state index in [1.54, 1.807) is 0 Å². The van der Waals surface area contributed by atoms with Crippen LogP contribution in [-0.4, -0.2) is 57.3 Å². The maximum absolute atomic E-state index is 5.57. The summed E-state index contributed by atoms with van der Waals surface area (Å²) in [5, 5.41) is 9.66. The van der Waals surface area contributed by atoms with E-state index in [4.69, 9.17) is 4.74 Å². The lowest BCUT2D eigenvalue weighted by Gasteiger charge is -2.43. The fourth-order valence-corrected chi connectivity index (χ4v) is 3.89. The van der Waals surface area contributed by atoms with Gasteiger partial charge in [0.05, 0.1) is 6.04 Å². The largest absolute Gasteiger partial charge is 0.381 e. The number of nitrogens with one attached hydrogen (secondary N) is 2. The van der Waals surface area contributed by atoms with Crippen molar-refractivity contribution in [3.63, 3.8) is 0 Å². The molecule has 1 heterocycles. The molecule has 1 unspecified atom stereocenters. The summed E-state index contributed by atoms with van der Waals surface area (Å²) < 4.78 is 5.57. The molecular formula is C22H33IN4O. The maximum atomic E-state index is 5.57. The molecule has 2 N–H and O–H groups in total. The van der Waals surface area contributed by atoms with E-state index >= 15 is 0 Å². The van der Waals surface area contributed by atoms with Crippen LogP contribution < -0.4 is 10.6 Å². The van der Waals surface area contributed by atoms with E-state index in [2.05, 4.69) is 84.0 Å². The van der Waals surface area contributed by atoms with Gasteiger partial charge in [-0.3, -0.25) is 4.99 Å². The first-order valence-electron chi connectivity index (χ1n) is 9.76. The normalized spacial score (nSPS) is 17.8. The van der Waals surface area contributed by atoms with Gasteiger partial charge in [-0.15, -0.1) is 24.0 Å². The molecular weight excluding hydrogens is 463 g/mol. The monoisotopic (exact) mass is 496 g/mol. The number of likely N-dealkylation sites (N-methyl/N-ethyl adjacent to an activating group) is 1. The Morgan fingerprint density at radius 1 is 1.14 bits per heavy atom. The van der Waals surface area contributed by atoms with Gasteiger partial charge >= 0.3 is 0 Å². The SMILES string of the molecule is CN=C(NCC1(N(C)C)CCOCC1)NC(C)c1cccc2ccccc12.I. The second-order valence-corrected chi connectivity index (χ2v) is 7.59. The smallest absolute Gasteiger partial charge is 0.191 e. The molecule has 0 radical (unpaired) electrons. The van der Waals surface area contributed by atoms with Crippen LogP contribution in [0.2, 0.25) is 0 Å². The molecule has 2 aromatic carbocycles. The molecule has 3 rings (SSSR count). The van der Waals surface area contributed by atoms with Gasteiger partial charge in [-0.05, 0) is 50.2 Å². The predicted octanol–water partition coefficient (Wildman–Crippen LogP) is 3.79. The molecule has 1 aliphatic rings. The average molecular weight is 496 g/mol. The van der Waals surface area contributed by atoms with E-state index in [-0.39, 0.29) is 35.6 Å². The lowest BCUT2D eigenvalue weighted by Crippen LogP contribution is -2.57. The molecule has 2 aromatic rings. The summed E-state index contributed by atoms with van der Waals surface area (Å²) in [6.07, 6.45) is 2.06. The minimum atomic E-state index is 0. The molecule has 0 aromatic heterocycles. The van der Waals surface area contributed by atoms with Crippen LogP contribution >= 0.6 is 24.0 Å². The number of halogens is 1. The Hall–Kier alpha value is -1.38. The molecule has 6 heteroatoms. The zero-order chi connectivity index (χ0) is 19.3. The highest BCUT2D eigenvalue weighted by Crippen LogP contribution is 2.26. The Kier molecular flexibility index (Phi) is 8.52. The first-order valence-corrected chi connectivity index (χ1v) is 9.76. The van der Waals surface area contributed by atoms with Crippen molar-refractivity contribution in [2.45, 2.75) is 31.3 Å². The van der Waals surface area contributed by atoms with Crippen molar-refractivity contribution >= 4 is 40.7 Å². The van der Waals surface area contributed by atoms with Crippen molar-refractivity contribution in [2.75, 3.05) is 40.9 Å². The van der Waals surface area contributed by atoms with Gasteiger partial charge in [0.1, 0.15) is 0 Å². The number of hydrogen-bond acceptors (Lipinski definition) is 3. The summed E-state index contributed by atoms with van der Waals surface area (Å²) in [5.41, 5.74) is 1.39. The number of benzene rings is 2. The fraction of sp³-hybridized carbons (Fsp3) is 0.500. The fourth-order valence-electron chi connectivity index (χ4n) is 3.89. The first kappa shape index (κ1) is 22.9. The highest BCUT2D eigenvalue weighted by Gasteiger charge is 2.34. The third-order valence-corrected chi connectivity index (χ3v) is 5.82. The first-order chi connectivity index (χ1) is 13.1. The third kappa shape index (κ3) is 5.15. The maximum Gasteiger partial charge on any atom is 0.191 e. The summed E-state index contributed by atoms with van der Waals surface area (Å²) in [6.45, 7) is 4.67. The predicted molar refractivity (Wildman–Crippen MR) is 129 cm³/mol. The highest BCUT2D eigenvalue weighted by molar-refractivity contribution is 14.0. The van der Waals surface area contributed by atoms with E-state index in [1.807, 2.05) is 7.05 Å². The second-order valence-electron chi connectivity index (χ2n) is 7.59. The third-order valence-electron chi connectivity index (χ3n) is 5.82. The highest BCUT2D eigenvalue weighted by atomic mass is 127. The van der Waals surface area contributed by atoms with Crippen LogP contribution in [0.3, 0.4) is 0 Å². The number of fused-ring (bicyclic) bond motifs is 1. The number of aliphatic imine (C=N–C) groups is 1. The van der Waals surface area contributed by atoms with Gasteiger partial charge in [-0.1, -0.05) is 42.5 Å². The van der Waals surface area contributed by atoms with Crippen LogP contribution in [0.15, 0.2) is 47.5 Å². The zero-order valence-electron chi connectivity index (χ0n) is 17.4. The van der Waals surface area contributed by atoms with Gasteiger partial charge in [-0.2, -0.15) is 0 Å². The molecule has 154 valence electrons. The lowest BCUT2D eigenvalue weighted by atomic mass is 9.88. The van der Waals surface area contributed by atoms with Crippen molar-refractivity contribution in [1.29, 1.82) is 0 Å². The Morgan fingerprint density at radius 3 is 2.50 bits per heavy atom. The summed E-state index contributed by atoms with van der Waals surface area (Å²) in [5.74, 6) is 0.836. The summed E-state index contributed by atoms with van der Waals surface area (Å²) in [4.78, 5) is 6.78. The molecule has 1 aliphatic heterocycles. The van der Waals surface area contributed by atoms with E-state index in [0.717, 1.165) is 38.6 Å². The van der Waals surface area contributed by atoms with E-state index in [9.17, 15) is 0 Å². The van der Waals surface area contributed by atoms with Crippen LogP contribution in [0, 0.1) is 0 Å². The van der Waals surface area contributed by atoms with Crippen molar-refractivity contribution in [3.05, 3.63) is 48.0 Å². The molecule has 0 saturated carbocycles. The molecule has 1 atom stereocenters. The Morgan fingerprint density at radius 2 is 1.82 bits per heavy atom. The summed E-state index contributed by atoms with van der Waals surface area (Å²) in [6, 6.07) is 15.1. The van der Waals surface area contributed by atoms with Crippen molar-refractivity contribution in [1.82, 2.24) is 15.5 Å². The number of guanidine groups is 1. The molecule has 0 amide bonds. The minimum absolute atomic E-state index is 0. The number of rotatable bonds is 5. The Bertz CT molecular complexity index is 782. The minimum Gasteiger partial charge on any atom is -0.381 e. The second kappa shape index (κ2) is 10.4. The molecule has 1 saturated heterocycles.